The number of fused-ring (bicyclic) bond motifs is 1. The summed E-state index contributed by atoms with van der Waals surface area (Å²) in [6, 6.07) is 11.8. The Morgan fingerprint density at radius 3 is 2.81 bits per heavy atom. The molecular formula is C20H22N4O3. The molecule has 0 bridgehead atoms. The molecule has 7 nitrogen and oxygen atoms in total. The van der Waals surface area contributed by atoms with Gasteiger partial charge in [0.15, 0.2) is 12.4 Å². The molecule has 0 saturated heterocycles. The second-order valence-electron chi connectivity index (χ2n) is 6.09. The normalized spacial score (nSPS) is 11.2. The third-order valence-electron chi connectivity index (χ3n) is 4.16. The summed E-state index contributed by atoms with van der Waals surface area (Å²) in [5.74, 6) is 0.926. The predicted octanol–water partition coefficient (Wildman–Crippen LogP) is 3.39. The Bertz CT molecular complexity index is 949. The van der Waals surface area contributed by atoms with Gasteiger partial charge in [0.1, 0.15) is 5.75 Å². The van der Waals surface area contributed by atoms with Gasteiger partial charge in [-0.2, -0.15) is 0 Å². The van der Waals surface area contributed by atoms with Crippen LogP contribution in [-0.2, 0) is 22.7 Å². The highest BCUT2D eigenvalue weighted by molar-refractivity contribution is 5.90. The Kier molecular flexibility index (Phi) is 6.14. The van der Waals surface area contributed by atoms with Crippen molar-refractivity contribution in [2.75, 3.05) is 7.11 Å². The van der Waals surface area contributed by atoms with Crippen molar-refractivity contribution in [2.24, 2.45) is 0 Å². The Hall–Kier alpha value is -3.22. The first-order chi connectivity index (χ1) is 13.2. The van der Waals surface area contributed by atoms with E-state index in [0.29, 0.717) is 12.4 Å². The van der Waals surface area contributed by atoms with Crippen molar-refractivity contribution >= 4 is 22.8 Å². The molecule has 1 heterocycles. The number of hydrogen-bond donors (Lipinski definition) is 0. The fourth-order valence-electron chi connectivity index (χ4n) is 2.63. The van der Waals surface area contributed by atoms with Gasteiger partial charge in [-0.25, -0.2) is 9.48 Å². The van der Waals surface area contributed by atoms with E-state index < -0.39 is 5.97 Å². The molecule has 27 heavy (non-hydrogen) atoms. The Labute approximate surface area is 157 Å². The molecule has 0 amide bonds. The fraction of sp³-hybridized carbons (Fsp3) is 0.300. The highest BCUT2D eigenvalue weighted by Crippen LogP contribution is 2.22. The topological polar surface area (TPSA) is 79.1 Å². The molecule has 140 valence electrons. The SMILES string of the molecule is CCCCn1nnnc1COC(=O)C=Cc1ccc2cc(OC)ccc2c1. The largest absolute Gasteiger partial charge is 0.497 e. The first-order valence-electron chi connectivity index (χ1n) is 8.87. The van der Waals surface area contributed by atoms with Crippen LogP contribution in [0.3, 0.4) is 0 Å². The zero-order valence-corrected chi connectivity index (χ0v) is 15.5. The van der Waals surface area contributed by atoms with Gasteiger partial charge in [-0.05, 0) is 57.5 Å². The summed E-state index contributed by atoms with van der Waals surface area (Å²) in [5, 5.41) is 13.6. The van der Waals surface area contributed by atoms with E-state index in [0.717, 1.165) is 34.9 Å². The summed E-state index contributed by atoms with van der Waals surface area (Å²) < 4.78 is 12.1. The number of ether oxygens (including phenoxy) is 2. The average Bonchev–Trinajstić information content (AvgIpc) is 3.15. The van der Waals surface area contributed by atoms with Gasteiger partial charge >= 0.3 is 5.97 Å². The second-order valence-corrected chi connectivity index (χ2v) is 6.09. The van der Waals surface area contributed by atoms with Gasteiger partial charge in [0.05, 0.1) is 7.11 Å². The first kappa shape index (κ1) is 18.6. The molecule has 0 aliphatic rings. The van der Waals surface area contributed by atoms with Crippen LogP contribution in [0.15, 0.2) is 42.5 Å². The molecular weight excluding hydrogens is 344 g/mol. The molecule has 0 N–H and O–H groups in total. The number of carbonyl (C=O) groups excluding carboxylic acids is 1. The average molecular weight is 366 g/mol. The van der Waals surface area contributed by atoms with Crippen LogP contribution >= 0.6 is 0 Å². The standard InChI is InChI=1S/C20H22N4O3/c1-3-4-11-24-19(21-22-23-24)14-27-20(25)10-6-15-5-7-17-13-18(26-2)9-8-16(17)12-15/h5-10,12-13H,3-4,11,14H2,1-2H3. The molecule has 7 heteroatoms. The van der Waals surface area contributed by atoms with Gasteiger partial charge in [0, 0.05) is 12.6 Å². The Balaban J connectivity index is 1.60. The number of rotatable bonds is 8. The molecule has 3 aromatic rings. The van der Waals surface area contributed by atoms with E-state index in [1.807, 2.05) is 36.4 Å². The highest BCUT2D eigenvalue weighted by Gasteiger charge is 2.08. The number of esters is 1. The number of unbranched alkanes of at least 4 members (excludes halogenated alkanes) is 1. The van der Waals surface area contributed by atoms with Gasteiger partial charge in [0.25, 0.3) is 0 Å². The molecule has 0 aliphatic carbocycles. The number of carbonyl (C=O) groups is 1. The minimum atomic E-state index is -0.435. The third kappa shape index (κ3) is 4.91. The minimum Gasteiger partial charge on any atom is -0.497 e. The van der Waals surface area contributed by atoms with Gasteiger partial charge in [0.2, 0.25) is 0 Å². The molecule has 0 saturated carbocycles. The summed E-state index contributed by atoms with van der Waals surface area (Å²) in [7, 11) is 1.65. The van der Waals surface area contributed by atoms with Crippen LogP contribution in [0.1, 0.15) is 31.2 Å². The molecule has 0 radical (unpaired) electrons. The summed E-state index contributed by atoms with van der Waals surface area (Å²) >= 11 is 0. The second kappa shape index (κ2) is 8.93. The van der Waals surface area contributed by atoms with E-state index >= 15 is 0 Å². The lowest BCUT2D eigenvalue weighted by Crippen LogP contribution is -2.09. The van der Waals surface area contributed by atoms with Crippen molar-refractivity contribution in [3.8, 4) is 5.75 Å². The third-order valence-corrected chi connectivity index (χ3v) is 4.16. The van der Waals surface area contributed by atoms with Crippen molar-refractivity contribution in [2.45, 2.75) is 32.9 Å². The predicted molar refractivity (Wildman–Crippen MR) is 102 cm³/mol. The molecule has 0 atom stereocenters. The number of aromatic nitrogens is 4. The van der Waals surface area contributed by atoms with Crippen molar-refractivity contribution < 1.29 is 14.3 Å². The number of nitrogens with zero attached hydrogens (tertiary/aromatic N) is 4. The summed E-state index contributed by atoms with van der Waals surface area (Å²) in [6.45, 7) is 2.86. The van der Waals surface area contributed by atoms with Crippen molar-refractivity contribution in [1.82, 2.24) is 20.2 Å². The maximum Gasteiger partial charge on any atom is 0.331 e. The number of benzene rings is 2. The first-order valence-corrected chi connectivity index (χ1v) is 8.87. The zero-order valence-electron chi connectivity index (χ0n) is 15.5. The molecule has 2 aromatic carbocycles. The van der Waals surface area contributed by atoms with Gasteiger partial charge in [-0.1, -0.05) is 31.5 Å². The number of tetrazole rings is 1. The van der Waals surface area contributed by atoms with Gasteiger partial charge in [-0.3, -0.25) is 0 Å². The molecule has 0 aliphatic heterocycles. The Morgan fingerprint density at radius 1 is 1.19 bits per heavy atom. The molecule has 3 rings (SSSR count). The lowest BCUT2D eigenvalue weighted by molar-refractivity contribution is -0.139. The smallest absolute Gasteiger partial charge is 0.331 e. The van der Waals surface area contributed by atoms with Crippen LogP contribution in [0.5, 0.6) is 5.75 Å². The quantitative estimate of drug-likeness (QED) is 0.449. The molecule has 0 spiro atoms. The summed E-state index contributed by atoms with van der Waals surface area (Å²) in [4.78, 5) is 12.0. The van der Waals surface area contributed by atoms with E-state index in [-0.39, 0.29) is 6.61 Å². The summed E-state index contributed by atoms with van der Waals surface area (Å²) in [5.41, 5.74) is 0.914. The van der Waals surface area contributed by atoms with E-state index in [4.69, 9.17) is 9.47 Å². The van der Waals surface area contributed by atoms with Crippen LogP contribution in [0.25, 0.3) is 16.8 Å². The van der Waals surface area contributed by atoms with Gasteiger partial charge < -0.3 is 9.47 Å². The zero-order chi connectivity index (χ0) is 19.1. The van der Waals surface area contributed by atoms with Crippen LogP contribution in [0.4, 0.5) is 0 Å². The van der Waals surface area contributed by atoms with Crippen LogP contribution in [-0.4, -0.2) is 33.3 Å². The molecule has 0 fully saturated rings. The number of aryl methyl sites for hydroxylation is 1. The van der Waals surface area contributed by atoms with Crippen LogP contribution in [0, 0.1) is 0 Å². The fourth-order valence-corrected chi connectivity index (χ4v) is 2.63. The maximum absolute atomic E-state index is 12.0. The number of hydrogen-bond acceptors (Lipinski definition) is 6. The lowest BCUT2D eigenvalue weighted by Gasteiger charge is -2.04. The maximum atomic E-state index is 12.0. The van der Waals surface area contributed by atoms with E-state index in [1.165, 1.54) is 6.08 Å². The van der Waals surface area contributed by atoms with Crippen molar-refractivity contribution in [3.63, 3.8) is 0 Å². The monoisotopic (exact) mass is 366 g/mol. The van der Waals surface area contributed by atoms with Crippen LogP contribution < -0.4 is 4.74 Å². The van der Waals surface area contributed by atoms with E-state index in [2.05, 4.69) is 22.4 Å². The van der Waals surface area contributed by atoms with Gasteiger partial charge in [-0.15, -0.1) is 5.10 Å². The van der Waals surface area contributed by atoms with E-state index in [9.17, 15) is 4.79 Å². The van der Waals surface area contributed by atoms with Crippen LogP contribution in [0.2, 0.25) is 0 Å². The summed E-state index contributed by atoms with van der Waals surface area (Å²) in [6.07, 6.45) is 5.15. The molecule has 0 unspecified atom stereocenters. The highest BCUT2D eigenvalue weighted by atomic mass is 16.5. The molecule has 1 aromatic heterocycles. The minimum absolute atomic E-state index is 0.0530. The van der Waals surface area contributed by atoms with Crippen molar-refractivity contribution in [3.05, 3.63) is 53.9 Å². The van der Waals surface area contributed by atoms with E-state index in [1.54, 1.807) is 17.9 Å². The number of methoxy groups -OCH3 is 1. The Morgan fingerprint density at radius 2 is 2.00 bits per heavy atom. The van der Waals surface area contributed by atoms with Crippen molar-refractivity contribution in [1.29, 1.82) is 0 Å². The lowest BCUT2D eigenvalue weighted by atomic mass is 10.1.